The third-order valence-electron chi connectivity index (χ3n) is 7.79. The van der Waals surface area contributed by atoms with Gasteiger partial charge in [0.2, 0.25) is 0 Å². The van der Waals surface area contributed by atoms with Crippen molar-refractivity contribution in [3.05, 3.63) is 34.4 Å². The summed E-state index contributed by atoms with van der Waals surface area (Å²) in [5, 5.41) is 2.87. The molecule has 1 saturated heterocycles. The zero-order chi connectivity index (χ0) is 23.3. The maximum atomic E-state index is 14.8. The molecular weight excluding hydrogens is 445 g/mol. The number of hydrogen-bond donors (Lipinski definition) is 1. The van der Waals surface area contributed by atoms with Gasteiger partial charge < -0.3 is 19.4 Å². The van der Waals surface area contributed by atoms with Crippen molar-refractivity contribution in [2.24, 2.45) is 17.3 Å². The minimum absolute atomic E-state index is 0.0162. The quantitative estimate of drug-likeness (QED) is 0.500. The normalized spacial score (nSPS) is 24.9. The number of benzene rings is 1. The van der Waals surface area contributed by atoms with Gasteiger partial charge in [0.15, 0.2) is 17.3 Å². The average molecular weight is 476 g/mol. The second kappa shape index (κ2) is 8.49. The molecule has 0 bridgehead atoms. The van der Waals surface area contributed by atoms with E-state index in [1.165, 1.54) is 18.6 Å². The number of carbonyl (C=O) groups excluding carboxylic acids is 1. The molecule has 3 aliphatic rings. The molecule has 0 spiro atoms. The Bertz CT molecular complexity index is 1030. The molecule has 1 aromatic carbocycles. The SMILES string of the molecule is CCc1oc(N2CC(CC)(CC)C2)nc1C(=O)Nc1cc(F)c(OC2CC3C[C@H]3C2)c(Cl)c1. The number of anilines is 2. The van der Waals surface area contributed by atoms with Gasteiger partial charge in [-0.1, -0.05) is 32.4 Å². The Hall–Kier alpha value is -2.28. The molecule has 6 nitrogen and oxygen atoms in total. The molecule has 1 N–H and O–H groups in total. The largest absolute Gasteiger partial charge is 0.486 e. The van der Waals surface area contributed by atoms with E-state index in [1.807, 2.05) is 6.92 Å². The van der Waals surface area contributed by atoms with E-state index in [1.54, 1.807) is 0 Å². The molecule has 178 valence electrons. The van der Waals surface area contributed by atoms with Crippen molar-refractivity contribution in [3.8, 4) is 5.75 Å². The summed E-state index contributed by atoms with van der Waals surface area (Å²) in [4.78, 5) is 19.5. The van der Waals surface area contributed by atoms with Crippen LogP contribution in [0.1, 0.15) is 69.1 Å². The first-order valence-corrected chi connectivity index (χ1v) is 12.4. The number of fused-ring (bicyclic) bond motifs is 1. The van der Waals surface area contributed by atoms with Crippen molar-refractivity contribution in [3.63, 3.8) is 0 Å². The van der Waals surface area contributed by atoms with E-state index in [4.69, 9.17) is 20.8 Å². The second-order valence-corrected chi connectivity index (χ2v) is 10.3. The van der Waals surface area contributed by atoms with Crippen molar-refractivity contribution in [1.82, 2.24) is 4.98 Å². The zero-order valence-electron chi connectivity index (χ0n) is 19.4. The smallest absolute Gasteiger partial charge is 0.298 e. The van der Waals surface area contributed by atoms with E-state index in [9.17, 15) is 9.18 Å². The van der Waals surface area contributed by atoms with Gasteiger partial charge in [-0.3, -0.25) is 4.79 Å². The van der Waals surface area contributed by atoms with Crippen LogP contribution in [-0.2, 0) is 6.42 Å². The van der Waals surface area contributed by atoms with E-state index in [2.05, 4.69) is 29.0 Å². The van der Waals surface area contributed by atoms with Crippen LogP contribution in [0.3, 0.4) is 0 Å². The third-order valence-corrected chi connectivity index (χ3v) is 8.07. The number of hydrogen-bond acceptors (Lipinski definition) is 5. The van der Waals surface area contributed by atoms with Gasteiger partial charge in [0.25, 0.3) is 11.9 Å². The fourth-order valence-electron chi connectivity index (χ4n) is 5.34. The molecule has 2 aliphatic carbocycles. The summed E-state index contributed by atoms with van der Waals surface area (Å²) in [6, 6.07) is 3.23. The molecule has 33 heavy (non-hydrogen) atoms. The number of oxazole rings is 1. The van der Waals surface area contributed by atoms with Crippen LogP contribution >= 0.6 is 11.6 Å². The molecule has 8 heteroatoms. The van der Waals surface area contributed by atoms with E-state index in [-0.39, 0.29) is 28.3 Å². The minimum atomic E-state index is -0.578. The van der Waals surface area contributed by atoms with Gasteiger partial charge in [0.05, 0.1) is 11.1 Å². The van der Waals surface area contributed by atoms with Crippen molar-refractivity contribution in [2.45, 2.75) is 65.4 Å². The van der Waals surface area contributed by atoms with Crippen LogP contribution < -0.4 is 15.0 Å². The molecule has 2 heterocycles. The van der Waals surface area contributed by atoms with Crippen LogP contribution in [0.2, 0.25) is 5.02 Å². The molecule has 2 aromatic rings. The summed E-state index contributed by atoms with van der Waals surface area (Å²) in [5.74, 6) is 1.01. The van der Waals surface area contributed by atoms with Crippen molar-refractivity contribution < 1.29 is 18.3 Å². The molecule has 1 aliphatic heterocycles. The Kier molecular flexibility index (Phi) is 5.79. The molecule has 1 aromatic heterocycles. The first-order valence-electron chi connectivity index (χ1n) is 12.1. The Balaban J connectivity index is 1.28. The predicted octanol–water partition coefficient (Wildman–Crippen LogP) is 6.09. The topological polar surface area (TPSA) is 67.6 Å². The lowest BCUT2D eigenvalue weighted by Crippen LogP contribution is -2.56. The summed E-state index contributed by atoms with van der Waals surface area (Å²) >= 11 is 6.32. The molecule has 3 atom stereocenters. The highest BCUT2D eigenvalue weighted by atomic mass is 35.5. The summed E-state index contributed by atoms with van der Waals surface area (Å²) in [6.45, 7) is 8.05. The van der Waals surface area contributed by atoms with Gasteiger partial charge in [0.1, 0.15) is 5.76 Å². The van der Waals surface area contributed by atoms with Crippen molar-refractivity contribution in [2.75, 3.05) is 23.3 Å². The standard InChI is InChI=1S/C25H31ClFN3O3/c1-4-20-21(29-24(33-20)30-12-25(5-2,6-3)13-30)23(31)28-16-10-18(26)22(19(27)11-16)32-17-8-14-7-15(14)9-17/h10-11,14-15,17H,4-9,12-13H2,1-3H3,(H,28,31)/t14-,15?,17?/m0/s1. The van der Waals surface area contributed by atoms with Gasteiger partial charge in [-0.2, -0.15) is 4.98 Å². The van der Waals surface area contributed by atoms with Gasteiger partial charge in [-0.05, 0) is 50.0 Å². The minimum Gasteiger partial charge on any atom is -0.486 e. The number of halogens is 2. The Labute approximate surface area is 198 Å². The fraction of sp³-hybridized carbons (Fsp3) is 0.600. The molecule has 2 saturated carbocycles. The Morgan fingerprint density at radius 2 is 1.94 bits per heavy atom. The van der Waals surface area contributed by atoms with Crippen LogP contribution in [0.4, 0.5) is 16.1 Å². The summed E-state index contributed by atoms with van der Waals surface area (Å²) in [7, 11) is 0. The number of nitrogens with zero attached hydrogens (tertiary/aromatic N) is 2. The highest BCUT2D eigenvalue weighted by Gasteiger charge is 2.47. The van der Waals surface area contributed by atoms with Gasteiger partial charge in [-0.15, -0.1) is 0 Å². The van der Waals surface area contributed by atoms with Crippen LogP contribution in [0.5, 0.6) is 5.75 Å². The van der Waals surface area contributed by atoms with Gasteiger partial charge in [-0.25, -0.2) is 4.39 Å². The van der Waals surface area contributed by atoms with Crippen LogP contribution in [0.25, 0.3) is 0 Å². The van der Waals surface area contributed by atoms with E-state index in [0.717, 1.165) is 50.6 Å². The number of rotatable bonds is 8. The number of amides is 1. The van der Waals surface area contributed by atoms with Crippen LogP contribution in [-0.4, -0.2) is 30.1 Å². The first-order chi connectivity index (χ1) is 15.8. The molecule has 3 fully saturated rings. The molecule has 2 unspecified atom stereocenters. The average Bonchev–Trinajstić information content (AvgIpc) is 3.18. The highest BCUT2D eigenvalue weighted by molar-refractivity contribution is 6.32. The summed E-state index contributed by atoms with van der Waals surface area (Å²) in [6.07, 6.45) is 5.93. The van der Waals surface area contributed by atoms with Crippen LogP contribution in [0, 0.1) is 23.1 Å². The van der Waals surface area contributed by atoms with E-state index in [0.29, 0.717) is 23.6 Å². The highest BCUT2D eigenvalue weighted by Crippen LogP contribution is 2.53. The molecule has 5 rings (SSSR count). The molecular formula is C25H31ClFN3O3. The number of nitrogens with one attached hydrogen (secondary N) is 1. The lowest BCUT2D eigenvalue weighted by atomic mass is 9.75. The lowest BCUT2D eigenvalue weighted by molar-refractivity contribution is 0.102. The van der Waals surface area contributed by atoms with Gasteiger partial charge >= 0.3 is 0 Å². The predicted molar refractivity (Wildman–Crippen MR) is 126 cm³/mol. The van der Waals surface area contributed by atoms with Crippen LogP contribution in [0.15, 0.2) is 16.5 Å². The maximum Gasteiger partial charge on any atom is 0.298 e. The maximum absolute atomic E-state index is 14.8. The van der Waals surface area contributed by atoms with Crippen molar-refractivity contribution >= 4 is 29.2 Å². The molecule has 1 amide bonds. The monoisotopic (exact) mass is 475 g/mol. The summed E-state index contributed by atoms with van der Waals surface area (Å²) in [5.41, 5.74) is 0.774. The number of ether oxygens (including phenoxy) is 1. The molecule has 0 radical (unpaired) electrons. The fourth-order valence-corrected chi connectivity index (χ4v) is 5.60. The van der Waals surface area contributed by atoms with Gasteiger partial charge in [0, 0.05) is 36.7 Å². The van der Waals surface area contributed by atoms with Crippen molar-refractivity contribution in [1.29, 1.82) is 0 Å². The zero-order valence-corrected chi connectivity index (χ0v) is 20.2. The van der Waals surface area contributed by atoms with E-state index < -0.39 is 11.7 Å². The number of aryl methyl sites for hydroxylation is 1. The Morgan fingerprint density at radius 1 is 1.24 bits per heavy atom. The summed E-state index contributed by atoms with van der Waals surface area (Å²) < 4.78 is 26.5. The third kappa shape index (κ3) is 4.20. The number of aromatic nitrogens is 1. The number of carbonyl (C=O) groups is 1. The Morgan fingerprint density at radius 3 is 2.55 bits per heavy atom. The van der Waals surface area contributed by atoms with E-state index >= 15 is 0 Å². The second-order valence-electron chi connectivity index (χ2n) is 9.88. The lowest BCUT2D eigenvalue weighted by Gasteiger charge is -2.48. The first kappa shape index (κ1) is 22.5.